The first kappa shape index (κ1) is 14.5. The van der Waals surface area contributed by atoms with Crippen LogP contribution in [0, 0.1) is 13.8 Å². The minimum absolute atomic E-state index is 0.173. The largest absolute Gasteiger partial charge is 0.330 e. The number of anilines is 1. The lowest BCUT2D eigenvalue weighted by Crippen LogP contribution is -2.40. The van der Waals surface area contributed by atoms with Gasteiger partial charge in [0.05, 0.1) is 16.7 Å². The van der Waals surface area contributed by atoms with Crippen molar-refractivity contribution >= 4 is 22.8 Å². The lowest BCUT2D eigenvalue weighted by atomic mass is 9.98. The number of nitrogens with zero attached hydrogens (tertiary/aromatic N) is 3. The average Bonchev–Trinajstić information content (AvgIpc) is 2.37. The van der Waals surface area contributed by atoms with Crippen molar-refractivity contribution in [1.82, 2.24) is 15.3 Å². The number of hydrogen-bond acceptors (Lipinski definition) is 5. The maximum atomic E-state index is 4.64. The van der Waals surface area contributed by atoms with Crippen LogP contribution in [0.3, 0.4) is 0 Å². The second-order valence-electron chi connectivity index (χ2n) is 6.46. The SMILES string of the molecule is C=C1CC(C)(C)N=C(Nc2nc(C)c3cc(C)ccc3n2)N1. The average molecular weight is 295 g/mol. The Hall–Kier alpha value is -2.43. The van der Waals surface area contributed by atoms with Crippen LogP contribution in [-0.2, 0) is 0 Å². The molecular weight excluding hydrogens is 274 g/mol. The van der Waals surface area contributed by atoms with Crippen LogP contribution >= 0.6 is 0 Å². The van der Waals surface area contributed by atoms with Crippen molar-refractivity contribution in [1.29, 1.82) is 0 Å². The van der Waals surface area contributed by atoms with E-state index in [9.17, 15) is 0 Å². The van der Waals surface area contributed by atoms with Crippen molar-refractivity contribution in [3.05, 3.63) is 41.7 Å². The Morgan fingerprint density at radius 1 is 1.23 bits per heavy atom. The highest BCUT2D eigenvalue weighted by atomic mass is 15.3. The molecule has 1 aromatic heterocycles. The van der Waals surface area contributed by atoms with Crippen LogP contribution in [0.1, 0.15) is 31.5 Å². The number of nitrogens with one attached hydrogen (secondary N) is 2. The van der Waals surface area contributed by atoms with Gasteiger partial charge in [-0.1, -0.05) is 18.2 Å². The molecule has 0 aliphatic carbocycles. The van der Waals surface area contributed by atoms with E-state index in [1.165, 1.54) is 5.56 Å². The molecule has 2 aromatic rings. The first-order chi connectivity index (χ1) is 10.3. The summed E-state index contributed by atoms with van der Waals surface area (Å²) < 4.78 is 0. The third kappa shape index (κ3) is 2.93. The first-order valence-electron chi connectivity index (χ1n) is 7.39. The highest BCUT2D eigenvalue weighted by Gasteiger charge is 2.24. The smallest absolute Gasteiger partial charge is 0.230 e. The molecule has 0 fully saturated rings. The van der Waals surface area contributed by atoms with Crippen LogP contribution in [0.15, 0.2) is 35.5 Å². The molecule has 0 saturated heterocycles. The van der Waals surface area contributed by atoms with Crippen LogP contribution in [-0.4, -0.2) is 21.5 Å². The Kier molecular flexibility index (Phi) is 3.35. The summed E-state index contributed by atoms with van der Waals surface area (Å²) >= 11 is 0. The van der Waals surface area contributed by atoms with E-state index in [4.69, 9.17) is 0 Å². The lowest BCUT2D eigenvalue weighted by Gasteiger charge is -2.29. The normalized spacial score (nSPS) is 17.1. The highest BCUT2D eigenvalue weighted by molar-refractivity contribution is 5.95. The number of hydrogen-bond donors (Lipinski definition) is 2. The van der Waals surface area contributed by atoms with E-state index in [0.717, 1.165) is 28.7 Å². The van der Waals surface area contributed by atoms with Gasteiger partial charge in [0.1, 0.15) is 0 Å². The van der Waals surface area contributed by atoms with Crippen molar-refractivity contribution in [3.63, 3.8) is 0 Å². The van der Waals surface area contributed by atoms with Crippen LogP contribution in [0.2, 0.25) is 0 Å². The van der Waals surface area contributed by atoms with Crippen LogP contribution < -0.4 is 10.6 Å². The zero-order chi connectivity index (χ0) is 15.9. The van der Waals surface area contributed by atoms with E-state index in [1.54, 1.807) is 0 Å². The quantitative estimate of drug-likeness (QED) is 0.847. The predicted octanol–water partition coefficient (Wildman–Crippen LogP) is 3.30. The van der Waals surface area contributed by atoms with Gasteiger partial charge in [-0.05, 0) is 39.8 Å². The number of aromatic nitrogens is 2. The van der Waals surface area contributed by atoms with Crippen molar-refractivity contribution in [2.24, 2.45) is 4.99 Å². The molecule has 0 bridgehead atoms. The highest BCUT2D eigenvalue weighted by Crippen LogP contribution is 2.23. The number of fused-ring (bicyclic) bond motifs is 1. The molecule has 22 heavy (non-hydrogen) atoms. The van der Waals surface area contributed by atoms with Crippen molar-refractivity contribution in [2.45, 2.75) is 39.7 Å². The van der Waals surface area contributed by atoms with E-state index in [0.29, 0.717) is 11.9 Å². The molecule has 1 aliphatic heterocycles. The summed E-state index contributed by atoms with van der Waals surface area (Å²) in [5.74, 6) is 1.19. The van der Waals surface area contributed by atoms with E-state index in [1.807, 2.05) is 13.0 Å². The molecule has 5 nitrogen and oxygen atoms in total. The van der Waals surface area contributed by atoms with Gasteiger partial charge in [-0.15, -0.1) is 0 Å². The molecule has 0 atom stereocenters. The first-order valence-corrected chi connectivity index (χ1v) is 7.39. The van der Waals surface area contributed by atoms with E-state index in [-0.39, 0.29) is 5.54 Å². The fourth-order valence-electron chi connectivity index (χ4n) is 2.72. The van der Waals surface area contributed by atoms with Crippen LogP contribution in [0.4, 0.5) is 5.95 Å². The van der Waals surface area contributed by atoms with Gasteiger partial charge in [-0.2, -0.15) is 0 Å². The van der Waals surface area contributed by atoms with E-state index < -0.39 is 0 Å². The summed E-state index contributed by atoms with van der Waals surface area (Å²) in [6.45, 7) is 12.2. The van der Waals surface area contributed by atoms with Crippen molar-refractivity contribution < 1.29 is 0 Å². The van der Waals surface area contributed by atoms with Gasteiger partial charge in [-0.3, -0.25) is 5.32 Å². The van der Waals surface area contributed by atoms with Gasteiger partial charge in [-0.25, -0.2) is 15.0 Å². The summed E-state index contributed by atoms with van der Waals surface area (Å²) in [5, 5.41) is 7.41. The van der Waals surface area contributed by atoms with Crippen LogP contribution in [0.5, 0.6) is 0 Å². The Balaban J connectivity index is 1.96. The minimum atomic E-state index is -0.173. The minimum Gasteiger partial charge on any atom is -0.330 e. The standard InChI is InChI=1S/C17H21N5/c1-10-6-7-14-13(8-10)12(3)19-15(20-14)21-16-18-11(2)9-17(4,5)22-16/h6-8H,2,9H2,1,3-5H3,(H2,18,19,20,21,22). The number of benzene rings is 1. The summed E-state index contributed by atoms with van der Waals surface area (Å²) in [4.78, 5) is 13.7. The van der Waals surface area contributed by atoms with Gasteiger partial charge in [0.2, 0.25) is 11.9 Å². The van der Waals surface area contributed by atoms with Gasteiger partial charge in [0.25, 0.3) is 0 Å². The fraction of sp³-hybridized carbons (Fsp3) is 0.353. The van der Waals surface area contributed by atoms with E-state index in [2.05, 4.69) is 65.1 Å². The Labute approximate surface area is 130 Å². The monoisotopic (exact) mass is 295 g/mol. The summed E-state index contributed by atoms with van der Waals surface area (Å²) in [6, 6.07) is 6.18. The van der Waals surface area contributed by atoms with Gasteiger partial charge in [0.15, 0.2) is 0 Å². The Bertz CT molecular complexity index is 789. The summed E-state index contributed by atoms with van der Waals surface area (Å²) in [7, 11) is 0. The fourth-order valence-corrected chi connectivity index (χ4v) is 2.72. The second-order valence-corrected chi connectivity index (χ2v) is 6.46. The number of aryl methyl sites for hydroxylation is 2. The molecule has 0 amide bonds. The zero-order valence-corrected chi connectivity index (χ0v) is 13.5. The van der Waals surface area contributed by atoms with Gasteiger partial charge < -0.3 is 5.32 Å². The third-order valence-electron chi connectivity index (χ3n) is 3.63. The summed E-state index contributed by atoms with van der Waals surface area (Å²) in [5.41, 5.74) is 3.85. The molecule has 2 heterocycles. The van der Waals surface area contributed by atoms with Gasteiger partial charge in [0, 0.05) is 17.5 Å². The number of aliphatic imine (C=N–C) groups is 1. The molecule has 0 radical (unpaired) electrons. The van der Waals surface area contributed by atoms with Gasteiger partial charge >= 0.3 is 0 Å². The molecular formula is C17H21N5. The zero-order valence-electron chi connectivity index (χ0n) is 13.5. The molecule has 0 unspecified atom stereocenters. The molecule has 3 rings (SSSR count). The molecule has 1 aromatic carbocycles. The van der Waals surface area contributed by atoms with Crippen molar-refractivity contribution in [3.8, 4) is 0 Å². The number of rotatable bonds is 1. The molecule has 114 valence electrons. The number of guanidine groups is 1. The molecule has 5 heteroatoms. The topological polar surface area (TPSA) is 62.2 Å². The molecule has 1 aliphatic rings. The van der Waals surface area contributed by atoms with Crippen LogP contribution in [0.25, 0.3) is 10.9 Å². The maximum Gasteiger partial charge on any atom is 0.230 e. The lowest BCUT2D eigenvalue weighted by molar-refractivity contribution is 0.492. The summed E-state index contributed by atoms with van der Waals surface area (Å²) in [6.07, 6.45) is 0.815. The second kappa shape index (κ2) is 5.09. The Morgan fingerprint density at radius 3 is 2.73 bits per heavy atom. The molecule has 0 spiro atoms. The molecule has 0 saturated carbocycles. The Morgan fingerprint density at radius 2 is 2.00 bits per heavy atom. The third-order valence-corrected chi connectivity index (χ3v) is 3.63. The van der Waals surface area contributed by atoms with E-state index >= 15 is 0 Å². The maximum absolute atomic E-state index is 4.64. The molecule has 2 N–H and O–H groups in total. The van der Waals surface area contributed by atoms with Crippen molar-refractivity contribution in [2.75, 3.05) is 5.32 Å². The predicted molar refractivity (Wildman–Crippen MR) is 91.0 cm³/mol.